The molecule has 3 heteroatoms. The summed E-state index contributed by atoms with van der Waals surface area (Å²) in [4.78, 5) is 12.5. The van der Waals surface area contributed by atoms with Gasteiger partial charge in [0, 0.05) is 11.0 Å². The van der Waals surface area contributed by atoms with Gasteiger partial charge < -0.3 is 4.74 Å². The van der Waals surface area contributed by atoms with Gasteiger partial charge in [0.1, 0.15) is 6.10 Å². The molecule has 3 rings (SSSR count). The van der Waals surface area contributed by atoms with Gasteiger partial charge in [-0.1, -0.05) is 36.7 Å². The van der Waals surface area contributed by atoms with Gasteiger partial charge in [-0.3, -0.25) is 4.79 Å². The summed E-state index contributed by atoms with van der Waals surface area (Å²) in [5, 5.41) is 0. The van der Waals surface area contributed by atoms with E-state index in [9.17, 15) is 4.79 Å². The highest BCUT2D eigenvalue weighted by atomic mass is 79.9. The van der Waals surface area contributed by atoms with Gasteiger partial charge in [-0.25, -0.2) is 0 Å². The molecule has 0 amide bonds. The molecule has 3 aliphatic rings. The monoisotopic (exact) mass is 312 g/mol. The summed E-state index contributed by atoms with van der Waals surface area (Å²) in [7, 11) is 0. The molecule has 1 aliphatic heterocycles. The second-order valence-corrected chi connectivity index (χ2v) is 7.87. The number of ether oxygens (including phenoxy) is 1. The molecule has 1 saturated heterocycles. The van der Waals surface area contributed by atoms with Gasteiger partial charge in [0.15, 0.2) is 5.78 Å². The molecular formula is C15H21BrO2. The van der Waals surface area contributed by atoms with Crippen molar-refractivity contribution in [3.63, 3.8) is 0 Å². The first-order chi connectivity index (χ1) is 8.29. The van der Waals surface area contributed by atoms with Gasteiger partial charge in [-0.2, -0.15) is 0 Å². The Morgan fingerprint density at radius 1 is 1.39 bits per heavy atom. The van der Waals surface area contributed by atoms with Crippen LogP contribution in [0.25, 0.3) is 0 Å². The van der Waals surface area contributed by atoms with Crippen LogP contribution < -0.4 is 0 Å². The first kappa shape index (κ1) is 12.9. The number of rotatable bonds is 1. The van der Waals surface area contributed by atoms with Crippen molar-refractivity contribution < 1.29 is 9.53 Å². The van der Waals surface area contributed by atoms with Crippen molar-refractivity contribution in [1.29, 1.82) is 0 Å². The Morgan fingerprint density at radius 3 is 2.67 bits per heavy atom. The number of carbonyl (C=O) groups is 1. The van der Waals surface area contributed by atoms with E-state index >= 15 is 0 Å². The molecule has 1 saturated carbocycles. The lowest BCUT2D eigenvalue weighted by atomic mass is 9.69. The number of ketones is 1. The Kier molecular flexibility index (Phi) is 2.64. The van der Waals surface area contributed by atoms with Crippen LogP contribution in [0.2, 0.25) is 0 Å². The fourth-order valence-electron chi connectivity index (χ4n) is 4.07. The fraction of sp³-hybridized carbons (Fsp3) is 0.800. The third-order valence-corrected chi connectivity index (χ3v) is 6.29. The summed E-state index contributed by atoms with van der Waals surface area (Å²) in [6.45, 7) is 8.89. The normalized spacial score (nSPS) is 50.7. The van der Waals surface area contributed by atoms with E-state index in [1.165, 1.54) is 0 Å². The molecule has 0 bridgehead atoms. The Labute approximate surface area is 117 Å². The summed E-state index contributed by atoms with van der Waals surface area (Å²) < 4.78 is 5.73. The van der Waals surface area contributed by atoms with E-state index in [1.807, 2.05) is 0 Å². The van der Waals surface area contributed by atoms with Crippen molar-refractivity contribution >= 4 is 21.7 Å². The van der Waals surface area contributed by atoms with Crippen LogP contribution in [0.5, 0.6) is 0 Å². The molecule has 0 N–H and O–H groups in total. The van der Waals surface area contributed by atoms with Crippen molar-refractivity contribution in [1.82, 2.24) is 0 Å². The van der Waals surface area contributed by atoms with Crippen molar-refractivity contribution in [3.05, 3.63) is 11.6 Å². The standard InChI is InChI=1S/C15H21BrO2/c1-8(2)11-12(16)13(17)9-7-10-15(4,18-10)6-5-14(9,11)3/h7-8,10-12H,5-6H2,1-4H3/t10-,11-,12?,14-,15+/m0/s1. The molecular weight excluding hydrogens is 292 g/mol. The average Bonchev–Trinajstić information content (AvgIpc) is 2.89. The van der Waals surface area contributed by atoms with Crippen molar-refractivity contribution in [2.24, 2.45) is 17.3 Å². The quantitative estimate of drug-likeness (QED) is 0.548. The zero-order valence-electron chi connectivity index (χ0n) is 11.5. The zero-order chi connectivity index (χ0) is 13.3. The van der Waals surface area contributed by atoms with Gasteiger partial charge in [-0.05, 0) is 37.7 Å². The summed E-state index contributed by atoms with van der Waals surface area (Å²) in [6, 6.07) is 0. The molecule has 1 unspecified atom stereocenters. The smallest absolute Gasteiger partial charge is 0.173 e. The van der Waals surface area contributed by atoms with Gasteiger partial charge in [0.25, 0.3) is 0 Å². The molecule has 0 spiro atoms. The lowest BCUT2D eigenvalue weighted by molar-refractivity contribution is -0.114. The molecule has 2 nitrogen and oxygen atoms in total. The maximum Gasteiger partial charge on any atom is 0.173 e. The molecule has 0 aromatic rings. The molecule has 1 heterocycles. The first-order valence-electron chi connectivity index (χ1n) is 6.88. The molecule has 18 heavy (non-hydrogen) atoms. The number of fused-ring (bicyclic) bond motifs is 2. The number of halogens is 1. The van der Waals surface area contributed by atoms with Gasteiger partial charge in [-0.15, -0.1) is 0 Å². The van der Waals surface area contributed by atoms with E-state index in [4.69, 9.17) is 4.74 Å². The minimum atomic E-state index is -0.0168. The van der Waals surface area contributed by atoms with Gasteiger partial charge >= 0.3 is 0 Å². The Morgan fingerprint density at radius 2 is 2.06 bits per heavy atom. The molecule has 100 valence electrons. The number of hydrogen-bond acceptors (Lipinski definition) is 2. The fourth-order valence-corrected chi connectivity index (χ4v) is 5.51. The van der Waals surface area contributed by atoms with Crippen LogP contribution in [0.1, 0.15) is 40.5 Å². The van der Waals surface area contributed by atoms with E-state index in [0.29, 0.717) is 11.8 Å². The Hall–Kier alpha value is -0.150. The lowest BCUT2D eigenvalue weighted by Crippen LogP contribution is -2.31. The van der Waals surface area contributed by atoms with E-state index in [-0.39, 0.29) is 27.7 Å². The second kappa shape index (κ2) is 3.69. The molecule has 0 aromatic carbocycles. The van der Waals surface area contributed by atoms with E-state index in [0.717, 1.165) is 18.4 Å². The van der Waals surface area contributed by atoms with Crippen LogP contribution in [-0.2, 0) is 9.53 Å². The third kappa shape index (κ3) is 1.53. The molecule has 0 radical (unpaired) electrons. The molecule has 5 atom stereocenters. The number of carbonyl (C=O) groups excluding carboxylic acids is 1. The Balaban J connectivity index is 2.06. The van der Waals surface area contributed by atoms with Crippen LogP contribution in [0.3, 0.4) is 0 Å². The number of hydrogen-bond donors (Lipinski definition) is 0. The van der Waals surface area contributed by atoms with Gasteiger partial charge in [0.2, 0.25) is 0 Å². The molecule has 2 fully saturated rings. The predicted octanol–water partition coefficient (Wildman–Crippen LogP) is 3.49. The lowest BCUT2D eigenvalue weighted by Gasteiger charge is -2.35. The van der Waals surface area contributed by atoms with E-state index in [2.05, 4.69) is 49.7 Å². The number of allylic oxidation sites excluding steroid dienone is 1. The number of alkyl halides is 1. The summed E-state index contributed by atoms with van der Waals surface area (Å²) in [6.07, 6.45) is 4.41. The Bertz CT molecular complexity index is 442. The summed E-state index contributed by atoms with van der Waals surface area (Å²) >= 11 is 3.64. The largest absolute Gasteiger partial charge is 0.362 e. The maximum atomic E-state index is 12.5. The van der Waals surface area contributed by atoms with Crippen LogP contribution in [0, 0.1) is 17.3 Å². The van der Waals surface area contributed by atoms with Crippen LogP contribution in [0.15, 0.2) is 11.6 Å². The molecule has 0 aromatic heterocycles. The topological polar surface area (TPSA) is 29.6 Å². The van der Waals surface area contributed by atoms with Crippen LogP contribution >= 0.6 is 15.9 Å². The van der Waals surface area contributed by atoms with E-state index in [1.54, 1.807) is 0 Å². The number of epoxide rings is 1. The van der Waals surface area contributed by atoms with Crippen molar-refractivity contribution in [2.75, 3.05) is 0 Å². The third-order valence-electron chi connectivity index (χ3n) is 5.30. The number of Topliss-reactive ketones (excluding diaryl/α,β-unsaturated/α-hetero) is 1. The SMILES string of the molecule is CC(C)[C@H]1C(Br)C(=O)C2=C[C@@H]3O[C@]3(C)CC[C@@]21C. The van der Waals surface area contributed by atoms with Crippen LogP contribution in [-0.4, -0.2) is 22.3 Å². The zero-order valence-corrected chi connectivity index (χ0v) is 13.1. The van der Waals surface area contributed by atoms with Gasteiger partial charge in [0.05, 0.1) is 10.4 Å². The summed E-state index contributed by atoms with van der Waals surface area (Å²) in [5.74, 6) is 1.20. The highest BCUT2D eigenvalue weighted by molar-refractivity contribution is 9.10. The maximum absolute atomic E-state index is 12.5. The van der Waals surface area contributed by atoms with Crippen molar-refractivity contribution in [3.8, 4) is 0 Å². The molecule has 2 aliphatic carbocycles. The second-order valence-electron chi connectivity index (χ2n) is 6.88. The minimum absolute atomic E-state index is 0.00394. The highest BCUT2D eigenvalue weighted by Gasteiger charge is 2.61. The van der Waals surface area contributed by atoms with Crippen LogP contribution in [0.4, 0.5) is 0 Å². The van der Waals surface area contributed by atoms with E-state index < -0.39 is 0 Å². The average molecular weight is 313 g/mol. The first-order valence-corrected chi connectivity index (χ1v) is 7.79. The minimum Gasteiger partial charge on any atom is -0.362 e. The van der Waals surface area contributed by atoms with Crippen molar-refractivity contribution in [2.45, 2.75) is 57.1 Å². The highest BCUT2D eigenvalue weighted by Crippen LogP contribution is 2.59. The predicted molar refractivity (Wildman–Crippen MR) is 74.8 cm³/mol. The summed E-state index contributed by atoms with van der Waals surface area (Å²) in [5.41, 5.74) is 1.05.